The van der Waals surface area contributed by atoms with Crippen molar-refractivity contribution in [3.8, 4) is 11.3 Å². The summed E-state index contributed by atoms with van der Waals surface area (Å²) in [5.74, 6) is 1.93. The summed E-state index contributed by atoms with van der Waals surface area (Å²) < 4.78 is 7.10. The Kier molecular flexibility index (Phi) is 4.83. The fraction of sp³-hybridized carbons (Fsp3) is 0.375. The topological polar surface area (TPSA) is 25.2 Å². The molecule has 2 rings (SSSR count). The summed E-state index contributed by atoms with van der Waals surface area (Å²) in [4.78, 5) is 0. The number of halogens is 1. The normalized spacial score (nSPS) is 12.6. The molecule has 0 bridgehead atoms. The van der Waals surface area contributed by atoms with Crippen molar-refractivity contribution in [3.05, 3.63) is 46.1 Å². The van der Waals surface area contributed by atoms with Crippen LogP contribution < -0.4 is 5.32 Å². The Balaban J connectivity index is 2.27. The zero-order valence-corrected chi connectivity index (χ0v) is 13.3. The lowest BCUT2D eigenvalue weighted by atomic mass is 10.1. The van der Waals surface area contributed by atoms with Gasteiger partial charge in [0.2, 0.25) is 0 Å². The van der Waals surface area contributed by atoms with Gasteiger partial charge in [-0.2, -0.15) is 0 Å². The van der Waals surface area contributed by atoms with Crippen LogP contribution in [-0.4, -0.2) is 6.54 Å². The second-order valence-corrected chi connectivity index (χ2v) is 5.54. The Bertz CT molecular complexity index is 547. The molecule has 1 unspecified atom stereocenters. The van der Waals surface area contributed by atoms with Gasteiger partial charge in [-0.15, -0.1) is 0 Å². The number of hydrogen-bond acceptors (Lipinski definition) is 2. The molecule has 1 N–H and O–H groups in total. The molecule has 1 aromatic carbocycles. The molecule has 1 aromatic heterocycles. The molecule has 0 aliphatic carbocycles. The summed E-state index contributed by atoms with van der Waals surface area (Å²) in [6.07, 6.45) is 1.03. The van der Waals surface area contributed by atoms with Gasteiger partial charge in [0, 0.05) is 10.0 Å². The Morgan fingerprint density at radius 1 is 1.21 bits per heavy atom. The zero-order chi connectivity index (χ0) is 13.8. The predicted molar refractivity (Wildman–Crippen MR) is 83.3 cm³/mol. The largest absolute Gasteiger partial charge is 0.459 e. The first-order valence-corrected chi connectivity index (χ1v) is 7.54. The first-order valence-electron chi connectivity index (χ1n) is 6.75. The van der Waals surface area contributed by atoms with Crippen LogP contribution >= 0.6 is 15.9 Å². The maximum Gasteiger partial charge on any atom is 0.134 e. The maximum absolute atomic E-state index is 5.99. The van der Waals surface area contributed by atoms with Crippen LogP contribution in [0.5, 0.6) is 0 Å². The second kappa shape index (κ2) is 6.40. The van der Waals surface area contributed by atoms with E-state index in [9.17, 15) is 0 Å². The minimum atomic E-state index is 0.299. The molecule has 3 heteroatoms. The average Bonchev–Trinajstić information content (AvgIpc) is 2.88. The van der Waals surface area contributed by atoms with E-state index in [1.54, 1.807) is 0 Å². The summed E-state index contributed by atoms with van der Waals surface area (Å²) in [6.45, 7) is 7.31. The molecule has 2 nitrogen and oxygen atoms in total. The van der Waals surface area contributed by atoms with Crippen molar-refractivity contribution in [2.45, 2.75) is 33.2 Å². The van der Waals surface area contributed by atoms with E-state index >= 15 is 0 Å². The molecule has 0 aliphatic heterocycles. The minimum absolute atomic E-state index is 0.299. The molecule has 0 saturated carbocycles. The van der Waals surface area contributed by atoms with Gasteiger partial charge in [-0.25, -0.2) is 0 Å². The third-order valence-corrected chi connectivity index (χ3v) is 4.14. The van der Waals surface area contributed by atoms with Crippen molar-refractivity contribution in [1.82, 2.24) is 5.32 Å². The van der Waals surface area contributed by atoms with Crippen molar-refractivity contribution in [1.29, 1.82) is 0 Å². The van der Waals surface area contributed by atoms with Gasteiger partial charge < -0.3 is 9.73 Å². The van der Waals surface area contributed by atoms with E-state index in [4.69, 9.17) is 4.42 Å². The van der Waals surface area contributed by atoms with Gasteiger partial charge >= 0.3 is 0 Å². The third kappa shape index (κ3) is 3.28. The molecule has 0 amide bonds. The van der Waals surface area contributed by atoms with Crippen molar-refractivity contribution < 1.29 is 4.42 Å². The van der Waals surface area contributed by atoms with Crippen LogP contribution in [0.4, 0.5) is 0 Å². The Morgan fingerprint density at radius 3 is 2.63 bits per heavy atom. The van der Waals surface area contributed by atoms with E-state index in [-0.39, 0.29) is 0 Å². The summed E-state index contributed by atoms with van der Waals surface area (Å²) >= 11 is 3.56. The molecular weight excluding hydrogens is 302 g/mol. The highest BCUT2D eigenvalue weighted by molar-refractivity contribution is 9.10. The number of hydrogen-bond donors (Lipinski definition) is 1. The van der Waals surface area contributed by atoms with Crippen LogP contribution in [0.1, 0.15) is 37.6 Å². The number of nitrogens with one attached hydrogen (secondary N) is 1. The van der Waals surface area contributed by atoms with E-state index < -0.39 is 0 Å². The summed E-state index contributed by atoms with van der Waals surface area (Å²) in [5, 5.41) is 3.43. The standard InChI is InChI=1S/C16H20BrNO/c1-4-14(18-5-2)16-9-8-15(19-16)12-7-6-11(3)13(17)10-12/h6-10,14,18H,4-5H2,1-3H3. The fourth-order valence-electron chi connectivity index (χ4n) is 2.13. The lowest BCUT2D eigenvalue weighted by Gasteiger charge is -2.12. The third-order valence-electron chi connectivity index (χ3n) is 3.29. The van der Waals surface area contributed by atoms with Gasteiger partial charge in [0.05, 0.1) is 6.04 Å². The van der Waals surface area contributed by atoms with Crippen LogP contribution in [0.2, 0.25) is 0 Å². The van der Waals surface area contributed by atoms with E-state index in [0.29, 0.717) is 6.04 Å². The molecule has 2 aromatic rings. The predicted octanol–water partition coefficient (Wildman–Crippen LogP) is 5.08. The first-order chi connectivity index (χ1) is 9.15. The lowest BCUT2D eigenvalue weighted by Crippen LogP contribution is -2.19. The van der Waals surface area contributed by atoms with Gasteiger partial charge in [-0.1, -0.05) is 41.9 Å². The van der Waals surface area contributed by atoms with Crippen molar-refractivity contribution in [2.24, 2.45) is 0 Å². The molecule has 1 atom stereocenters. The van der Waals surface area contributed by atoms with Crippen molar-refractivity contribution >= 4 is 15.9 Å². The molecule has 0 aliphatic rings. The number of aryl methyl sites for hydroxylation is 1. The molecule has 0 fully saturated rings. The summed E-state index contributed by atoms with van der Waals surface area (Å²) in [6, 6.07) is 10.7. The number of rotatable bonds is 5. The minimum Gasteiger partial charge on any atom is -0.459 e. The van der Waals surface area contributed by atoms with Crippen molar-refractivity contribution in [3.63, 3.8) is 0 Å². The van der Waals surface area contributed by atoms with Gasteiger partial charge in [-0.3, -0.25) is 0 Å². The smallest absolute Gasteiger partial charge is 0.134 e. The van der Waals surface area contributed by atoms with Crippen LogP contribution in [0.25, 0.3) is 11.3 Å². The molecule has 0 saturated heterocycles. The zero-order valence-electron chi connectivity index (χ0n) is 11.7. The molecule has 0 spiro atoms. The quantitative estimate of drug-likeness (QED) is 0.830. The van der Waals surface area contributed by atoms with Crippen molar-refractivity contribution in [2.75, 3.05) is 6.54 Å². The monoisotopic (exact) mass is 321 g/mol. The van der Waals surface area contributed by atoms with Crippen LogP contribution in [0.15, 0.2) is 39.2 Å². The molecule has 19 heavy (non-hydrogen) atoms. The first kappa shape index (κ1) is 14.4. The van der Waals surface area contributed by atoms with Crippen LogP contribution in [-0.2, 0) is 0 Å². The highest BCUT2D eigenvalue weighted by Gasteiger charge is 2.13. The summed E-state index contributed by atoms with van der Waals surface area (Å²) in [7, 11) is 0. The Morgan fingerprint density at radius 2 is 2.00 bits per heavy atom. The average molecular weight is 322 g/mol. The maximum atomic E-state index is 5.99. The SMILES string of the molecule is CCNC(CC)c1ccc(-c2ccc(C)c(Br)c2)o1. The Labute approximate surface area is 123 Å². The van der Waals surface area contributed by atoms with Crippen LogP contribution in [0, 0.1) is 6.92 Å². The van der Waals surface area contributed by atoms with Gasteiger partial charge in [-0.05, 0) is 43.7 Å². The lowest BCUT2D eigenvalue weighted by molar-refractivity contribution is 0.417. The summed E-state index contributed by atoms with van der Waals surface area (Å²) in [5.41, 5.74) is 2.34. The van der Waals surface area contributed by atoms with E-state index in [2.05, 4.69) is 66.3 Å². The number of benzene rings is 1. The van der Waals surface area contributed by atoms with E-state index in [0.717, 1.165) is 34.5 Å². The van der Waals surface area contributed by atoms with Gasteiger partial charge in [0.15, 0.2) is 0 Å². The molecule has 0 radical (unpaired) electrons. The number of furan rings is 1. The van der Waals surface area contributed by atoms with Gasteiger partial charge in [0.25, 0.3) is 0 Å². The molecule has 1 heterocycles. The fourth-order valence-corrected chi connectivity index (χ4v) is 2.51. The van der Waals surface area contributed by atoms with E-state index in [1.807, 2.05) is 6.07 Å². The Hall–Kier alpha value is -1.06. The highest BCUT2D eigenvalue weighted by Crippen LogP contribution is 2.29. The van der Waals surface area contributed by atoms with Gasteiger partial charge in [0.1, 0.15) is 11.5 Å². The van der Waals surface area contributed by atoms with Crippen LogP contribution in [0.3, 0.4) is 0 Å². The molecular formula is C16H20BrNO. The van der Waals surface area contributed by atoms with E-state index in [1.165, 1.54) is 5.56 Å². The highest BCUT2D eigenvalue weighted by atomic mass is 79.9. The second-order valence-electron chi connectivity index (χ2n) is 4.68. The molecule has 102 valence electrons.